The molecule has 19 aromatic rings. The van der Waals surface area contributed by atoms with E-state index in [1.165, 1.54) is 87.4 Å². The summed E-state index contributed by atoms with van der Waals surface area (Å²) < 4.78 is 19.3. The molecule has 0 aliphatic carbocycles. The minimum atomic E-state index is 0.869. The van der Waals surface area contributed by atoms with Gasteiger partial charge in [-0.3, -0.25) is 0 Å². The molecule has 6 heteroatoms. The maximum atomic E-state index is 7.02. The third-order valence-corrected chi connectivity index (χ3v) is 19.2. The number of rotatable bonds is 8. The van der Waals surface area contributed by atoms with E-state index in [4.69, 9.17) is 8.83 Å². The molecule has 0 saturated heterocycles. The molecule has 6 aromatic heterocycles. The predicted octanol–water partition coefficient (Wildman–Crippen LogP) is 23.3. The molecule has 0 aliphatic rings. The lowest BCUT2D eigenvalue weighted by atomic mass is 9.89. The van der Waals surface area contributed by atoms with E-state index < -0.39 is 0 Å². The molecule has 0 saturated carbocycles. The lowest BCUT2D eigenvalue weighted by molar-refractivity contribution is 0.668. The summed E-state index contributed by atoms with van der Waals surface area (Å²) in [5.41, 5.74) is 26.2. The Labute approximate surface area is 505 Å². The first-order chi connectivity index (χ1) is 43.4. The Balaban J connectivity index is 1.00. The highest BCUT2D eigenvalue weighted by Crippen LogP contribution is 2.58. The quantitative estimate of drug-likeness (QED) is 0.152. The van der Waals surface area contributed by atoms with Gasteiger partial charge >= 0.3 is 0 Å². The summed E-state index contributed by atoms with van der Waals surface area (Å²) in [7, 11) is 0. The van der Waals surface area contributed by atoms with Gasteiger partial charge in [-0.2, -0.15) is 0 Å². The van der Waals surface area contributed by atoms with Crippen LogP contribution in [0.3, 0.4) is 0 Å². The van der Waals surface area contributed by atoms with E-state index in [9.17, 15) is 0 Å². The van der Waals surface area contributed by atoms with Crippen LogP contribution < -0.4 is 9.80 Å². The summed E-state index contributed by atoms with van der Waals surface area (Å²) in [6, 6.07) is 93.6. The molecule has 6 nitrogen and oxygen atoms in total. The molecule has 0 amide bonds. The molecule has 6 heterocycles. The van der Waals surface area contributed by atoms with Crippen LogP contribution in [0, 0.1) is 27.7 Å². The monoisotopic (exact) mass is 1130 g/mol. The van der Waals surface area contributed by atoms with Gasteiger partial charge in [0.25, 0.3) is 0 Å². The number of benzene rings is 13. The zero-order chi connectivity index (χ0) is 58.2. The molecular formula is C82H54N4O2. The summed E-state index contributed by atoms with van der Waals surface area (Å²) in [4.78, 5) is 4.99. The summed E-state index contributed by atoms with van der Waals surface area (Å²) in [5, 5.41) is 13.9. The first kappa shape index (κ1) is 49.0. The van der Waals surface area contributed by atoms with Crippen LogP contribution in [0.1, 0.15) is 22.3 Å². The molecule has 0 atom stereocenters. The normalized spacial score (nSPS) is 12.3. The Morgan fingerprint density at radius 3 is 1.06 bits per heavy atom. The standard InChI is InChI=1S/C82H54N4O2/c1-47-23-11-17-33-61(47)83(75-49(3)39-41-55-53-29-15-21-37-67(53)87-81(55)75)65-45-43-59-73-69(51-25-7-5-8-26-51)80-74(70(52-27-9-6-10-28-52)79(73)85-63-35-19-13-31-57(63)71(65)77(59)85)60-44-46-66(72-58-32-14-20-36-64(58)86(80)78(60)72)84(62-34-18-12-24-48(62)2)76-50(4)40-42-56-54-30-16-22-38-68(54)88-82(56)76/h5-46H,1-4H3. The predicted molar refractivity (Wildman–Crippen MR) is 370 cm³/mol. The fourth-order valence-electron chi connectivity index (χ4n) is 15.5. The molecule has 0 N–H and O–H groups in total. The average Bonchev–Trinajstić information content (AvgIpc) is 1.50. The van der Waals surface area contributed by atoms with Crippen molar-refractivity contribution in [3.63, 3.8) is 0 Å². The molecule has 0 spiro atoms. The summed E-state index contributed by atoms with van der Waals surface area (Å²) in [5.74, 6) is 0. The van der Waals surface area contributed by atoms with Crippen molar-refractivity contribution in [3.8, 4) is 22.3 Å². The van der Waals surface area contributed by atoms with Crippen LogP contribution >= 0.6 is 0 Å². The first-order valence-electron chi connectivity index (χ1n) is 30.4. The van der Waals surface area contributed by atoms with Crippen molar-refractivity contribution >= 4 is 154 Å². The number of hydrogen-bond acceptors (Lipinski definition) is 4. The Hall–Kier alpha value is -11.3. The number of furan rings is 2. The molecule has 0 bridgehead atoms. The molecule has 88 heavy (non-hydrogen) atoms. The van der Waals surface area contributed by atoms with Gasteiger partial charge in [0, 0.05) is 87.1 Å². The summed E-state index contributed by atoms with van der Waals surface area (Å²) in [6.07, 6.45) is 0. The van der Waals surface area contributed by atoms with Crippen molar-refractivity contribution in [2.45, 2.75) is 27.7 Å². The highest BCUT2D eigenvalue weighted by molar-refractivity contribution is 6.40. The molecule has 414 valence electrons. The van der Waals surface area contributed by atoms with Crippen LogP contribution in [0.15, 0.2) is 264 Å². The Morgan fingerprint density at radius 1 is 0.261 bits per heavy atom. The minimum absolute atomic E-state index is 0.869. The van der Waals surface area contributed by atoms with E-state index in [-0.39, 0.29) is 0 Å². The second-order valence-corrected chi connectivity index (χ2v) is 24.0. The maximum Gasteiger partial charge on any atom is 0.159 e. The van der Waals surface area contributed by atoms with Gasteiger partial charge in [0.05, 0.1) is 55.8 Å². The fourth-order valence-corrected chi connectivity index (χ4v) is 15.5. The van der Waals surface area contributed by atoms with Crippen molar-refractivity contribution in [2.24, 2.45) is 0 Å². The van der Waals surface area contributed by atoms with Gasteiger partial charge < -0.3 is 27.4 Å². The van der Waals surface area contributed by atoms with Crippen molar-refractivity contribution in [1.82, 2.24) is 8.80 Å². The van der Waals surface area contributed by atoms with E-state index in [0.717, 1.165) is 111 Å². The van der Waals surface area contributed by atoms with Crippen molar-refractivity contribution in [1.29, 1.82) is 0 Å². The largest absolute Gasteiger partial charge is 0.454 e. The number of para-hydroxylation sites is 6. The van der Waals surface area contributed by atoms with Crippen LogP contribution in [0.25, 0.3) is 142 Å². The highest BCUT2D eigenvalue weighted by Gasteiger charge is 2.35. The van der Waals surface area contributed by atoms with Gasteiger partial charge in [-0.15, -0.1) is 0 Å². The molecule has 0 fully saturated rings. The van der Waals surface area contributed by atoms with E-state index in [2.05, 4.69) is 301 Å². The maximum absolute atomic E-state index is 7.02. The van der Waals surface area contributed by atoms with Gasteiger partial charge in [-0.05, 0) is 110 Å². The van der Waals surface area contributed by atoms with Crippen LogP contribution in [-0.2, 0) is 0 Å². The number of fused-ring (bicyclic) bond motifs is 18. The Bertz CT molecular complexity index is 5740. The van der Waals surface area contributed by atoms with Gasteiger partial charge in [-0.25, -0.2) is 0 Å². The molecule has 13 aromatic carbocycles. The second-order valence-electron chi connectivity index (χ2n) is 24.0. The number of anilines is 6. The molecule has 0 radical (unpaired) electrons. The van der Waals surface area contributed by atoms with Gasteiger partial charge in [0.15, 0.2) is 11.2 Å². The lowest BCUT2D eigenvalue weighted by Gasteiger charge is -2.29. The fraction of sp³-hybridized carbons (Fsp3) is 0.0488. The minimum Gasteiger partial charge on any atom is -0.454 e. The molecule has 0 unspecified atom stereocenters. The summed E-state index contributed by atoms with van der Waals surface area (Å²) in [6.45, 7) is 8.90. The number of nitrogens with zero attached hydrogens (tertiary/aromatic N) is 4. The van der Waals surface area contributed by atoms with E-state index in [1.807, 2.05) is 0 Å². The third kappa shape index (κ3) is 6.45. The summed E-state index contributed by atoms with van der Waals surface area (Å²) >= 11 is 0. The van der Waals surface area contributed by atoms with Gasteiger partial charge in [-0.1, -0.05) is 206 Å². The zero-order valence-corrected chi connectivity index (χ0v) is 48.9. The van der Waals surface area contributed by atoms with Crippen LogP contribution in [0.5, 0.6) is 0 Å². The van der Waals surface area contributed by atoms with E-state index >= 15 is 0 Å². The topological polar surface area (TPSA) is 41.6 Å². The van der Waals surface area contributed by atoms with Gasteiger partial charge in [0.1, 0.15) is 11.2 Å². The van der Waals surface area contributed by atoms with E-state index in [0.29, 0.717) is 0 Å². The van der Waals surface area contributed by atoms with Crippen LogP contribution in [0.2, 0.25) is 0 Å². The van der Waals surface area contributed by atoms with Crippen LogP contribution in [-0.4, -0.2) is 8.80 Å². The van der Waals surface area contributed by atoms with Crippen molar-refractivity contribution in [3.05, 3.63) is 277 Å². The van der Waals surface area contributed by atoms with Crippen LogP contribution in [0.4, 0.5) is 34.1 Å². The Morgan fingerprint density at radius 2 is 0.625 bits per heavy atom. The second kappa shape index (κ2) is 18.1. The highest BCUT2D eigenvalue weighted by atomic mass is 16.3. The molecular weight excluding hydrogens is 1070 g/mol. The lowest BCUT2D eigenvalue weighted by Crippen LogP contribution is -2.13. The average molecular weight is 1130 g/mol. The van der Waals surface area contributed by atoms with Crippen molar-refractivity contribution < 1.29 is 8.83 Å². The number of aryl methyl sites for hydroxylation is 4. The Kier molecular flexibility index (Phi) is 10.1. The SMILES string of the molecule is Cc1ccccc1N(c1c(C)ccc2c1oc1ccccc12)c1ccc2c3c(-c4ccccc4)c4c(c(-c5ccccc5)c3n3c5ccccc5c1c23)c1ccc(N(c2ccccc2C)c2c(C)ccc3c2oc2ccccc23)c2c3ccccc3n4c12. The van der Waals surface area contributed by atoms with Gasteiger partial charge in [0.2, 0.25) is 0 Å². The van der Waals surface area contributed by atoms with Crippen molar-refractivity contribution in [2.75, 3.05) is 9.80 Å². The molecule has 19 rings (SSSR count). The number of aromatic nitrogens is 2. The number of hydrogen-bond donors (Lipinski definition) is 0. The third-order valence-electron chi connectivity index (χ3n) is 19.2. The van der Waals surface area contributed by atoms with E-state index in [1.54, 1.807) is 0 Å². The molecule has 0 aliphatic heterocycles. The zero-order valence-electron chi connectivity index (χ0n) is 48.9. The smallest absolute Gasteiger partial charge is 0.159 e. The first-order valence-corrected chi connectivity index (χ1v) is 30.4.